The number of nitrogens with zero attached hydrogens (tertiary/aromatic N) is 1. The van der Waals surface area contributed by atoms with Gasteiger partial charge in [0.2, 0.25) is 0 Å². The molecule has 284 valence electrons. The van der Waals surface area contributed by atoms with E-state index in [1.807, 2.05) is 0 Å². The van der Waals surface area contributed by atoms with Crippen LogP contribution >= 0.6 is 0 Å². The molecule has 0 saturated heterocycles. The molecule has 0 radical (unpaired) electrons. The Morgan fingerprint density at radius 2 is 0.705 bits per heavy atom. The van der Waals surface area contributed by atoms with Crippen molar-refractivity contribution in [1.82, 2.24) is 0 Å². The van der Waals surface area contributed by atoms with Gasteiger partial charge in [-0.1, -0.05) is 200 Å². The average molecular weight is 774 g/mol. The largest absolute Gasteiger partial charge is 0.310 e. The normalized spacial score (nSPS) is 14.2. The van der Waals surface area contributed by atoms with Gasteiger partial charge in [0.15, 0.2) is 0 Å². The Morgan fingerprint density at radius 1 is 0.262 bits per heavy atom. The zero-order chi connectivity index (χ0) is 40.1. The van der Waals surface area contributed by atoms with Crippen molar-refractivity contribution < 1.29 is 0 Å². The molecule has 0 bridgehead atoms. The first-order valence-electron chi connectivity index (χ1n) is 21.3. The van der Waals surface area contributed by atoms with Crippen LogP contribution in [0.3, 0.4) is 0 Å². The zero-order valence-corrected chi connectivity index (χ0v) is 33.5. The fraction of sp³-hybridized carbons (Fsp3) is 0.0333. The third-order valence-electron chi connectivity index (χ3n) is 13.9. The lowest BCUT2D eigenvalue weighted by Crippen LogP contribution is -2.28. The molecule has 3 aliphatic rings. The van der Waals surface area contributed by atoms with Crippen molar-refractivity contribution in [1.29, 1.82) is 0 Å². The molecule has 0 aliphatic heterocycles. The lowest BCUT2D eigenvalue weighted by Gasteiger charge is -2.35. The van der Waals surface area contributed by atoms with Gasteiger partial charge in [0.05, 0.1) is 10.8 Å². The van der Waals surface area contributed by atoms with E-state index in [0.717, 1.165) is 17.1 Å². The maximum absolute atomic E-state index is 2.51. The van der Waals surface area contributed by atoms with Gasteiger partial charge in [0, 0.05) is 17.1 Å². The van der Waals surface area contributed by atoms with Crippen molar-refractivity contribution >= 4 is 27.8 Å². The van der Waals surface area contributed by atoms with Crippen molar-refractivity contribution in [2.75, 3.05) is 4.90 Å². The highest BCUT2D eigenvalue weighted by Gasteiger charge is 2.52. The predicted molar refractivity (Wildman–Crippen MR) is 252 cm³/mol. The fourth-order valence-electron chi connectivity index (χ4n) is 11.6. The van der Waals surface area contributed by atoms with E-state index in [4.69, 9.17) is 0 Å². The zero-order valence-electron chi connectivity index (χ0n) is 33.5. The summed E-state index contributed by atoms with van der Waals surface area (Å²) < 4.78 is 0. The van der Waals surface area contributed by atoms with Crippen molar-refractivity contribution in [2.24, 2.45) is 0 Å². The second-order valence-electron chi connectivity index (χ2n) is 16.7. The summed E-state index contributed by atoms with van der Waals surface area (Å²) in [5.41, 5.74) is 20.7. The maximum atomic E-state index is 2.51. The lowest BCUT2D eigenvalue weighted by molar-refractivity contribution is 0.768. The number of benzene rings is 10. The number of para-hydroxylation sites is 1. The Hall–Kier alpha value is -7.74. The van der Waals surface area contributed by atoms with E-state index in [1.165, 1.54) is 88.7 Å². The first kappa shape index (κ1) is 34.2. The van der Waals surface area contributed by atoms with E-state index in [9.17, 15) is 0 Å². The second kappa shape index (κ2) is 12.9. The fourth-order valence-corrected chi connectivity index (χ4v) is 11.6. The van der Waals surface area contributed by atoms with Crippen molar-refractivity contribution in [3.63, 3.8) is 0 Å². The Balaban J connectivity index is 1.10. The van der Waals surface area contributed by atoms with Gasteiger partial charge in [-0.15, -0.1) is 0 Å². The Bertz CT molecular complexity index is 3280. The molecule has 1 heteroatoms. The SMILES string of the molecule is c1ccc(N(c2ccc3c(c2)C(c2ccccc2)(c2ccccc2)c2ccccc2-3)c2ccc3c(c2)C2(c4ccccc4-c4ccccc42)c2ccc4ccccc4c2-3)cc1. The molecule has 0 aromatic heterocycles. The van der Waals surface area contributed by atoms with Crippen LogP contribution in [-0.4, -0.2) is 0 Å². The van der Waals surface area contributed by atoms with Crippen LogP contribution in [0, 0.1) is 0 Å². The van der Waals surface area contributed by atoms with Gasteiger partial charge >= 0.3 is 0 Å². The Kier molecular flexibility index (Phi) is 7.21. The summed E-state index contributed by atoms with van der Waals surface area (Å²) in [6.07, 6.45) is 0. The number of rotatable bonds is 5. The average Bonchev–Trinajstić information content (AvgIpc) is 3.92. The van der Waals surface area contributed by atoms with Gasteiger partial charge in [0.1, 0.15) is 0 Å². The predicted octanol–water partition coefficient (Wildman–Crippen LogP) is 15.0. The standard InChI is InChI=1S/C60H39N/c1-4-19-41(20-5-1)59(42-21-6-2-7-22-42)52-29-15-12-28-49(52)50-35-33-44(38-56(50)59)61(43-23-8-3-9-24-43)45-34-36-51-57(39-45)60(55-37-32-40-18-10-11-25-46(40)58(51)55)53-30-16-13-26-47(53)48-27-14-17-31-54(48)60/h1-39H. The quantitative estimate of drug-likeness (QED) is 0.168. The Morgan fingerprint density at radius 3 is 1.30 bits per heavy atom. The number of hydrogen-bond donors (Lipinski definition) is 0. The minimum absolute atomic E-state index is 0.477. The topological polar surface area (TPSA) is 3.24 Å². The van der Waals surface area contributed by atoms with E-state index < -0.39 is 10.8 Å². The highest BCUT2D eigenvalue weighted by molar-refractivity contribution is 6.06. The molecular formula is C60H39N. The van der Waals surface area contributed by atoms with Crippen LogP contribution in [0.15, 0.2) is 237 Å². The van der Waals surface area contributed by atoms with E-state index in [2.05, 4.69) is 241 Å². The minimum atomic E-state index is -0.505. The first-order valence-corrected chi connectivity index (χ1v) is 21.3. The molecule has 0 saturated carbocycles. The van der Waals surface area contributed by atoms with Crippen molar-refractivity contribution in [3.05, 3.63) is 281 Å². The van der Waals surface area contributed by atoms with Gasteiger partial charge in [-0.2, -0.15) is 0 Å². The van der Waals surface area contributed by atoms with Crippen molar-refractivity contribution in [2.45, 2.75) is 10.8 Å². The molecule has 1 spiro atoms. The summed E-state index contributed by atoms with van der Waals surface area (Å²) in [6.45, 7) is 0. The number of hydrogen-bond acceptors (Lipinski definition) is 1. The summed E-state index contributed by atoms with van der Waals surface area (Å²) in [5, 5.41) is 2.56. The number of fused-ring (bicyclic) bond motifs is 15. The monoisotopic (exact) mass is 773 g/mol. The molecule has 0 N–H and O–H groups in total. The summed E-state index contributed by atoms with van der Waals surface area (Å²) in [4.78, 5) is 2.48. The van der Waals surface area contributed by atoms with Crippen LogP contribution in [0.4, 0.5) is 17.1 Å². The molecule has 0 amide bonds. The summed E-state index contributed by atoms with van der Waals surface area (Å²) >= 11 is 0. The molecule has 0 fully saturated rings. The van der Waals surface area contributed by atoms with Gasteiger partial charge in [0.25, 0.3) is 0 Å². The third kappa shape index (κ3) is 4.50. The highest BCUT2D eigenvalue weighted by atomic mass is 15.1. The number of anilines is 3. The molecule has 1 nitrogen and oxygen atoms in total. The molecule has 10 aromatic carbocycles. The smallest absolute Gasteiger partial charge is 0.0726 e. The summed E-state index contributed by atoms with van der Waals surface area (Å²) in [7, 11) is 0. The summed E-state index contributed by atoms with van der Waals surface area (Å²) in [5.74, 6) is 0. The van der Waals surface area contributed by atoms with Crippen LogP contribution in [0.25, 0.3) is 44.2 Å². The van der Waals surface area contributed by atoms with Gasteiger partial charge in [-0.25, -0.2) is 0 Å². The van der Waals surface area contributed by atoms with E-state index >= 15 is 0 Å². The van der Waals surface area contributed by atoms with Crippen LogP contribution in [0.2, 0.25) is 0 Å². The molecule has 0 unspecified atom stereocenters. The van der Waals surface area contributed by atoms with Crippen LogP contribution < -0.4 is 4.90 Å². The molecule has 10 aromatic rings. The molecule has 13 rings (SSSR count). The van der Waals surface area contributed by atoms with Crippen molar-refractivity contribution in [3.8, 4) is 33.4 Å². The molecule has 3 aliphatic carbocycles. The third-order valence-corrected chi connectivity index (χ3v) is 13.9. The molecule has 61 heavy (non-hydrogen) atoms. The van der Waals surface area contributed by atoms with Crippen LogP contribution in [0.1, 0.15) is 44.5 Å². The maximum Gasteiger partial charge on any atom is 0.0726 e. The Labute approximate surface area is 356 Å². The second-order valence-corrected chi connectivity index (χ2v) is 16.7. The van der Waals surface area contributed by atoms with Crippen LogP contribution in [-0.2, 0) is 10.8 Å². The van der Waals surface area contributed by atoms with E-state index in [-0.39, 0.29) is 0 Å². The van der Waals surface area contributed by atoms with E-state index in [1.54, 1.807) is 0 Å². The minimum Gasteiger partial charge on any atom is -0.310 e. The van der Waals surface area contributed by atoms with Crippen LogP contribution in [0.5, 0.6) is 0 Å². The van der Waals surface area contributed by atoms with Gasteiger partial charge in [-0.05, 0) is 125 Å². The highest BCUT2D eigenvalue weighted by Crippen LogP contribution is 2.65. The van der Waals surface area contributed by atoms with E-state index in [0.29, 0.717) is 0 Å². The van der Waals surface area contributed by atoms with Gasteiger partial charge < -0.3 is 4.90 Å². The van der Waals surface area contributed by atoms with Gasteiger partial charge in [-0.3, -0.25) is 0 Å². The molecule has 0 atom stereocenters. The summed E-state index contributed by atoms with van der Waals surface area (Å²) in [6, 6.07) is 88.4. The first-order chi connectivity index (χ1) is 30.3. The lowest BCUT2D eigenvalue weighted by atomic mass is 9.67. The molecular weight excluding hydrogens is 735 g/mol. The molecule has 0 heterocycles.